The van der Waals surface area contributed by atoms with Crippen LogP contribution in [0.5, 0.6) is 0 Å². The van der Waals surface area contributed by atoms with Crippen molar-refractivity contribution in [1.29, 1.82) is 0 Å². The molecule has 0 N–H and O–H groups in total. The van der Waals surface area contributed by atoms with E-state index in [1.165, 1.54) is 32.5 Å². The number of likely N-dealkylation sites (tertiary alicyclic amines) is 1. The Hall–Kier alpha value is -0.650. The third-order valence-electron chi connectivity index (χ3n) is 5.44. The molecule has 0 bridgehead atoms. The van der Waals surface area contributed by atoms with E-state index in [-0.39, 0.29) is 0 Å². The van der Waals surface area contributed by atoms with Crippen molar-refractivity contribution < 1.29 is 0 Å². The second-order valence-electron chi connectivity index (χ2n) is 7.38. The maximum absolute atomic E-state index is 4.55. The molecule has 0 spiro atoms. The fourth-order valence-corrected chi connectivity index (χ4v) is 4.34. The molecule has 0 radical (unpaired) electrons. The molecule has 2 saturated heterocycles. The fourth-order valence-electron chi connectivity index (χ4n) is 4.01. The third-order valence-corrected chi connectivity index (χ3v) is 5.93. The van der Waals surface area contributed by atoms with Crippen LogP contribution in [0.3, 0.4) is 0 Å². The topological polar surface area (TPSA) is 22.6 Å². The van der Waals surface area contributed by atoms with Crippen molar-refractivity contribution >= 4 is 21.7 Å². The Bertz CT molecular complexity index is 503. The van der Waals surface area contributed by atoms with Gasteiger partial charge in [-0.15, -0.1) is 0 Å². The Morgan fingerprint density at radius 3 is 2.43 bits per heavy atom. The number of nitrogens with zero attached hydrogens (tertiary/aromatic N) is 4. The molecule has 0 aliphatic carbocycles. The molecular weight excluding hydrogens is 352 g/mol. The Labute approximate surface area is 149 Å². The molecule has 2 atom stereocenters. The Balaban J connectivity index is 1.61. The van der Waals surface area contributed by atoms with Crippen LogP contribution in [0.2, 0.25) is 0 Å². The van der Waals surface area contributed by atoms with Gasteiger partial charge in [0.05, 0.1) is 0 Å². The lowest BCUT2D eigenvalue weighted by atomic mass is 9.94. The molecule has 0 amide bonds. The van der Waals surface area contributed by atoms with Crippen molar-refractivity contribution in [3.8, 4) is 0 Å². The minimum Gasteiger partial charge on any atom is -0.353 e. The molecule has 128 valence electrons. The highest BCUT2D eigenvalue weighted by Gasteiger charge is 2.32. The summed E-state index contributed by atoms with van der Waals surface area (Å²) in [6, 6.07) is 5.29. The second kappa shape index (κ2) is 7.49. The Kier molecular flexibility index (Phi) is 5.60. The number of hydrogen-bond donors (Lipinski definition) is 0. The maximum Gasteiger partial charge on any atom is 0.129 e. The quantitative estimate of drug-likeness (QED) is 0.803. The lowest BCUT2D eigenvalue weighted by Gasteiger charge is -2.46. The molecule has 23 heavy (non-hydrogen) atoms. The van der Waals surface area contributed by atoms with E-state index in [0.717, 1.165) is 29.3 Å². The number of rotatable bonds is 3. The van der Waals surface area contributed by atoms with Gasteiger partial charge >= 0.3 is 0 Å². The van der Waals surface area contributed by atoms with Crippen LogP contribution in [0.1, 0.15) is 26.7 Å². The van der Waals surface area contributed by atoms with E-state index in [2.05, 4.69) is 62.6 Å². The summed E-state index contributed by atoms with van der Waals surface area (Å²) in [6.45, 7) is 10.7. The van der Waals surface area contributed by atoms with E-state index in [1.54, 1.807) is 0 Å². The lowest BCUT2D eigenvalue weighted by Crippen LogP contribution is -2.58. The van der Waals surface area contributed by atoms with E-state index >= 15 is 0 Å². The first-order valence-corrected chi connectivity index (χ1v) is 9.63. The monoisotopic (exact) mass is 380 g/mol. The van der Waals surface area contributed by atoms with Crippen molar-refractivity contribution in [3.63, 3.8) is 0 Å². The van der Waals surface area contributed by atoms with E-state index in [4.69, 9.17) is 0 Å². The van der Waals surface area contributed by atoms with Crippen LogP contribution in [0.4, 0.5) is 5.82 Å². The van der Waals surface area contributed by atoms with Gasteiger partial charge < -0.3 is 9.80 Å². The van der Waals surface area contributed by atoms with E-state index in [9.17, 15) is 0 Å². The molecule has 3 rings (SSSR count). The van der Waals surface area contributed by atoms with Crippen LogP contribution >= 0.6 is 15.9 Å². The molecule has 0 aromatic carbocycles. The van der Waals surface area contributed by atoms with Gasteiger partial charge in [-0.1, -0.05) is 15.9 Å². The fraction of sp³-hybridized carbons (Fsp3) is 0.722. The lowest BCUT2D eigenvalue weighted by molar-refractivity contribution is 0.0869. The average Bonchev–Trinajstić information content (AvgIpc) is 2.52. The largest absolute Gasteiger partial charge is 0.353 e. The van der Waals surface area contributed by atoms with Crippen molar-refractivity contribution in [2.24, 2.45) is 5.92 Å². The minimum absolute atomic E-state index is 0.583. The first-order chi connectivity index (χ1) is 11.0. The van der Waals surface area contributed by atoms with E-state index in [1.807, 2.05) is 12.3 Å². The first-order valence-electron chi connectivity index (χ1n) is 8.83. The number of piperidine rings is 1. The van der Waals surface area contributed by atoms with Crippen LogP contribution in [0.15, 0.2) is 22.8 Å². The molecule has 0 saturated carbocycles. The van der Waals surface area contributed by atoms with Crippen molar-refractivity contribution in [2.75, 3.05) is 44.7 Å². The number of aromatic nitrogens is 1. The van der Waals surface area contributed by atoms with Crippen LogP contribution in [-0.4, -0.2) is 66.6 Å². The van der Waals surface area contributed by atoms with Crippen LogP contribution in [-0.2, 0) is 0 Å². The van der Waals surface area contributed by atoms with Crippen LogP contribution < -0.4 is 4.90 Å². The molecule has 2 aliphatic heterocycles. The van der Waals surface area contributed by atoms with Crippen LogP contribution in [0.25, 0.3) is 0 Å². The molecule has 3 heterocycles. The highest BCUT2D eigenvalue weighted by molar-refractivity contribution is 9.10. The van der Waals surface area contributed by atoms with Gasteiger partial charge in [-0.25, -0.2) is 4.98 Å². The zero-order chi connectivity index (χ0) is 16.4. The SMILES string of the molecule is C[C@@H]1CN(c2cc(Br)ccn2)C[C@H](C)N1CC1CCN(C)CC1. The standard InChI is InChI=1S/C18H29BrN4/c1-14-11-22(18-10-17(19)4-7-20-18)12-15(2)23(14)13-16-5-8-21(3)9-6-16/h4,7,10,14-16H,5-6,8-9,11-13H2,1-3H3/t14-,15+. The van der Waals surface area contributed by atoms with Gasteiger partial charge in [0.2, 0.25) is 0 Å². The zero-order valence-corrected chi connectivity index (χ0v) is 16.2. The normalized spacial score (nSPS) is 28.3. The molecule has 2 fully saturated rings. The van der Waals surface area contributed by atoms with Gasteiger partial charge in [0.1, 0.15) is 5.82 Å². The van der Waals surface area contributed by atoms with Crippen molar-refractivity contribution in [3.05, 3.63) is 22.8 Å². The van der Waals surface area contributed by atoms with Gasteiger partial charge in [0.15, 0.2) is 0 Å². The Morgan fingerprint density at radius 2 is 1.83 bits per heavy atom. The summed E-state index contributed by atoms with van der Waals surface area (Å²) < 4.78 is 1.11. The van der Waals surface area contributed by atoms with Crippen molar-refractivity contribution in [1.82, 2.24) is 14.8 Å². The molecule has 4 nitrogen and oxygen atoms in total. The predicted molar refractivity (Wildman–Crippen MR) is 100 cm³/mol. The highest BCUT2D eigenvalue weighted by atomic mass is 79.9. The maximum atomic E-state index is 4.55. The third kappa shape index (κ3) is 4.25. The minimum atomic E-state index is 0.583. The van der Waals surface area contributed by atoms with Gasteiger partial charge in [-0.2, -0.15) is 0 Å². The zero-order valence-electron chi connectivity index (χ0n) is 14.6. The molecule has 1 aromatic rings. The summed E-state index contributed by atoms with van der Waals surface area (Å²) >= 11 is 3.56. The van der Waals surface area contributed by atoms with Gasteiger partial charge in [0.25, 0.3) is 0 Å². The van der Waals surface area contributed by atoms with E-state index in [0.29, 0.717) is 12.1 Å². The molecule has 2 aliphatic rings. The van der Waals surface area contributed by atoms with Crippen LogP contribution in [0, 0.1) is 5.92 Å². The summed E-state index contributed by atoms with van der Waals surface area (Å²) in [5, 5.41) is 0. The highest BCUT2D eigenvalue weighted by Crippen LogP contribution is 2.26. The summed E-state index contributed by atoms with van der Waals surface area (Å²) in [6.07, 6.45) is 4.59. The number of piperazine rings is 1. The first kappa shape index (κ1) is 17.2. The predicted octanol–water partition coefficient (Wildman–Crippen LogP) is 3.08. The second-order valence-corrected chi connectivity index (χ2v) is 8.29. The number of halogens is 1. The molecule has 5 heteroatoms. The number of pyridine rings is 1. The van der Waals surface area contributed by atoms with Gasteiger partial charge in [-0.3, -0.25) is 4.90 Å². The van der Waals surface area contributed by atoms with Gasteiger partial charge in [-0.05, 0) is 64.9 Å². The summed E-state index contributed by atoms with van der Waals surface area (Å²) in [5.74, 6) is 1.96. The number of hydrogen-bond acceptors (Lipinski definition) is 4. The Morgan fingerprint density at radius 1 is 1.17 bits per heavy atom. The molecular formula is C18H29BrN4. The molecule has 1 aromatic heterocycles. The summed E-state index contributed by atoms with van der Waals surface area (Å²) in [4.78, 5) is 12.2. The average molecular weight is 381 g/mol. The summed E-state index contributed by atoms with van der Waals surface area (Å²) in [7, 11) is 2.24. The van der Waals surface area contributed by atoms with Crippen molar-refractivity contribution in [2.45, 2.75) is 38.8 Å². The number of anilines is 1. The van der Waals surface area contributed by atoms with E-state index < -0.39 is 0 Å². The van der Waals surface area contributed by atoms with Gasteiger partial charge in [0, 0.05) is 42.4 Å². The summed E-state index contributed by atoms with van der Waals surface area (Å²) in [5.41, 5.74) is 0. The molecule has 0 unspecified atom stereocenters. The smallest absolute Gasteiger partial charge is 0.129 e.